The van der Waals surface area contributed by atoms with Crippen molar-refractivity contribution in [2.45, 2.75) is 60.3 Å². The second kappa shape index (κ2) is 50.0. The molecule has 0 fully saturated rings. The summed E-state index contributed by atoms with van der Waals surface area (Å²) in [6, 6.07) is 0. The van der Waals surface area contributed by atoms with Crippen LogP contribution in [0.1, 0.15) is 60.3 Å². The van der Waals surface area contributed by atoms with Crippen molar-refractivity contribution >= 4 is 41.5 Å². The van der Waals surface area contributed by atoms with Crippen LogP contribution >= 0.6 is 11.8 Å². The second-order valence-electron chi connectivity index (χ2n) is 7.51. The summed E-state index contributed by atoms with van der Waals surface area (Å²) in [6.07, 6.45) is 2.80. The zero-order chi connectivity index (χ0) is 34.2. The van der Waals surface area contributed by atoms with Crippen molar-refractivity contribution in [2.75, 3.05) is 93.0 Å². The third-order valence-corrected chi connectivity index (χ3v) is 5.29. The fourth-order valence-electron chi connectivity index (χ4n) is 1.84. The van der Waals surface area contributed by atoms with Crippen molar-refractivity contribution in [1.29, 1.82) is 0 Å². The summed E-state index contributed by atoms with van der Waals surface area (Å²) >= 11 is 1.76. The van der Waals surface area contributed by atoms with Crippen LogP contribution in [0.3, 0.4) is 0 Å². The molecule has 0 unspecified atom stereocenters. The molecule has 0 aromatic carbocycles. The van der Waals surface area contributed by atoms with E-state index in [9.17, 15) is 24.0 Å². The van der Waals surface area contributed by atoms with Gasteiger partial charge in [0.2, 0.25) is 23.6 Å². The molecule has 0 bridgehead atoms. The highest BCUT2D eigenvalue weighted by Crippen LogP contribution is 2.05. The second-order valence-corrected chi connectivity index (χ2v) is 8.74. The zero-order valence-electron chi connectivity index (χ0n) is 27.5. The van der Waals surface area contributed by atoms with E-state index in [0.29, 0.717) is 39.3 Å². The van der Waals surface area contributed by atoms with Crippen LogP contribution in [0.2, 0.25) is 0 Å². The van der Waals surface area contributed by atoms with E-state index < -0.39 is 0 Å². The number of ether oxygens (including phenoxy) is 3. The molecule has 0 radical (unpaired) electrons. The Morgan fingerprint density at radius 1 is 0.591 bits per heavy atom. The molecule has 0 spiro atoms. The number of likely N-dealkylation sites (N-methyl/N-ethyl adjacent to an activating group) is 1. The SMILES string of the molecule is C.CCOC(=O)NC.CCOCC(=O)NC.CCOCCC(=O)NC.CNC(=O)CCO.CNC(=O)CCSCCCCO. The minimum atomic E-state index is -0.373. The number of unbranched alkanes of at least 4 members (excludes halogenated alkanes) is 1. The number of aliphatic hydroxyl groups excluding tert-OH is 2. The van der Waals surface area contributed by atoms with Gasteiger partial charge in [-0.2, -0.15) is 11.8 Å². The number of carbonyl (C=O) groups excluding carboxylic acids is 5. The largest absolute Gasteiger partial charge is 0.450 e. The van der Waals surface area contributed by atoms with Crippen molar-refractivity contribution in [2.24, 2.45) is 0 Å². The standard InChI is InChI=1S/C8H17NO2S.C6H13NO2.C5H11NO2.2C4H9NO2.CH4/c1-9-8(11)4-7-12-6-3-2-5-10;1-3-9-5-4-6(8)7-2;1-3-8-4-5(7)6-2;1-5-4(7)2-3-6;1-3-7-4(6)5-2;/h10H,2-7H2,1H3,(H,9,11);3-5H2,1-2H3,(H,7,8);3-4H2,1-2H3,(H,6,7);6H,2-3H2,1H3,(H,5,7);3H2,1-2H3,(H,5,6);1H4. The van der Waals surface area contributed by atoms with Crippen LogP contribution in [0.15, 0.2) is 0 Å². The molecule has 7 N–H and O–H groups in total. The lowest BCUT2D eigenvalue weighted by Gasteiger charge is -1.99. The summed E-state index contributed by atoms with van der Waals surface area (Å²) in [7, 11) is 7.92. The van der Waals surface area contributed by atoms with Gasteiger partial charge in [-0.25, -0.2) is 4.79 Å². The normalized spacial score (nSPS) is 8.68. The molecular formula is C28H63N5O10S. The van der Waals surface area contributed by atoms with Crippen molar-refractivity contribution in [3.8, 4) is 0 Å². The number of thioether (sulfide) groups is 1. The maximum absolute atomic E-state index is 10.7. The Morgan fingerprint density at radius 2 is 1.09 bits per heavy atom. The average molecular weight is 662 g/mol. The highest BCUT2D eigenvalue weighted by atomic mass is 32.2. The Bertz CT molecular complexity index is 630. The van der Waals surface area contributed by atoms with Crippen LogP contribution < -0.4 is 26.6 Å². The number of hydrogen-bond acceptors (Lipinski definition) is 11. The number of aliphatic hydroxyl groups is 2. The monoisotopic (exact) mass is 661 g/mol. The Balaban J connectivity index is -0.000000104. The number of alkyl carbamates (subject to hydrolysis) is 1. The van der Waals surface area contributed by atoms with Crippen molar-refractivity contribution in [3.05, 3.63) is 0 Å². The Labute approximate surface area is 269 Å². The van der Waals surface area contributed by atoms with E-state index in [4.69, 9.17) is 19.7 Å². The lowest BCUT2D eigenvalue weighted by atomic mass is 10.4. The van der Waals surface area contributed by atoms with E-state index >= 15 is 0 Å². The Kier molecular flexibility index (Phi) is 61.2. The summed E-state index contributed by atoms with van der Waals surface area (Å²) in [5.41, 5.74) is 0. The topological polar surface area (TPSA) is 214 Å². The molecule has 0 rings (SSSR count). The number of hydrogen-bond donors (Lipinski definition) is 7. The van der Waals surface area contributed by atoms with E-state index in [2.05, 4.69) is 31.3 Å². The van der Waals surface area contributed by atoms with E-state index in [-0.39, 0.29) is 63.4 Å². The van der Waals surface area contributed by atoms with Crippen LogP contribution in [-0.2, 0) is 33.4 Å². The Morgan fingerprint density at radius 3 is 1.45 bits per heavy atom. The molecule has 0 saturated heterocycles. The van der Waals surface area contributed by atoms with E-state index in [1.807, 2.05) is 13.8 Å². The summed E-state index contributed by atoms with van der Waals surface area (Å²) in [5, 5.41) is 28.8. The quantitative estimate of drug-likeness (QED) is 0.108. The maximum atomic E-state index is 10.7. The first-order valence-electron chi connectivity index (χ1n) is 14.2. The van der Waals surface area contributed by atoms with Crippen LogP contribution in [0, 0.1) is 0 Å². The number of amides is 5. The molecule has 16 heteroatoms. The first-order valence-corrected chi connectivity index (χ1v) is 15.3. The van der Waals surface area contributed by atoms with Gasteiger partial charge in [-0.1, -0.05) is 7.43 Å². The van der Waals surface area contributed by atoms with Gasteiger partial charge in [0.05, 0.1) is 19.8 Å². The molecule has 44 heavy (non-hydrogen) atoms. The predicted octanol–water partition coefficient (Wildman–Crippen LogP) is 0.669. The fraction of sp³-hybridized carbons (Fsp3) is 0.821. The van der Waals surface area contributed by atoms with Gasteiger partial charge < -0.3 is 51.0 Å². The van der Waals surface area contributed by atoms with Crippen molar-refractivity contribution in [3.63, 3.8) is 0 Å². The predicted molar refractivity (Wildman–Crippen MR) is 177 cm³/mol. The van der Waals surface area contributed by atoms with Crippen LogP contribution in [0.4, 0.5) is 4.79 Å². The molecule has 0 aromatic rings. The zero-order valence-corrected chi connectivity index (χ0v) is 28.3. The highest BCUT2D eigenvalue weighted by molar-refractivity contribution is 7.99. The summed E-state index contributed by atoms with van der Waals surface area (Å²) in [5.74, 6) is 1.85. The molecule has 266 valence electrons. The van der Waals surface area contributed by atoms with E-state index in [1.54, 1.807) is 39.8 Å². The molecule has 0 aliphatic heterocycles. The maximum Gasteiger partial charge on any atom is 0.406 e. The number of nitrogens with one attached hydrogen (secondary N) is 5. The summed E-state index contributed by atoms with van der Waals surface area (Å²) in [6.45, 7) is 8.12. The van der Waals surface area contributed by atoms with Gasteiger partial charge in [-0.15, -0.1) is 0 Å². The minimum Gasteiger partial charge on any atom is -0.450 e. The van der Waals surface area contributed by atoms with Crippen LogP contribution in [0.5, 0.6) is 0 Å². The van der Waals surface area contributed by atoms with Crippen LogP contribution in [0.25, 0.3) is 0 Å². The molecule has 15 nitrogen and oxygen atoms in total. The summed E-state index contributed by atoms with van der Waals surface area (Å²) < 4.78 is 14.2. The molecule has 5 amide bonds. The Hall–Kier alpha value is -2.66. The minimum absolute atomic E-state index is 0. The molecule has 0 heterocycles. The lowest BCUT2D eigenvalue weighted by molar-refractivity contribution is -0.125. The molecule has 0 aliphatic carbocycles. The molecule has 0 saturated carbocycles. The van der Waals surface area contributed by atoms with Gasteiger partial charge in [-0.05, 0) is 39.4 Å². The molecular weight excluding hydrogens is 598 g/mol. The highest BCUT2D eigenvalue weighted by Gasteiger charge is 1.97. The molecule has 0 aliphatic rings. The van der Waals surface area contributed by atoms with Gasteiger partial charge in [0.1, 0.15) is 6.61 Å². The summed E-state index contributed by atoms with van der Waals surface area (Å²) in [4.78, 5) is 51.8. The first-order chi connectivity index (χ1) is 20.5. The molecule has 0 aromatic heterocycles. The van der Waals surface area contributed by atoms with Gasteiger partial charge in [-0.3, -0.25) is 19.2 Å². The first kappa shape index (κ1) is 53.9. The van der Waals surface area contributed by atoms with Gasteiger partial charge in [0, 0.05) is 80.1 Å². The number of carbonyl (C=O) groups is 5. The third-order valence-electron chi connectivity index (χ3n) is 4.22. The third kappa shape index (κ3) is 62.8. The van der Waals surface area contributed by atoms with E-state index in [1.165, 1.54) is 14.1 Å². The lowest BCUT2D eigenvalue weighted by Crippen LogP contribution is -2.23. The smallest absolute Gasteiger partial charge is 0.406 e. The van der Waals surface area contributed by atoms with E-state index in [0.717, 1.165) is 24.3 Å². The van der Waals surface area contributed by atoms with Crippen molar-refractivity contribution in [1.82, 2.24) is 26.6 Å². The van der Waals surface area contributed by atoms with Gasteiger partial charge in [0.15, 0.2) is 0 Å². The fourth-order valence-corrected chi connectivity index (χ4v) is 2.78. The van der Waals surface area contributed by atoms with Crippen molar-refractivity contribution < 1.29 is 48.4 Å². The van der Waals surface area contributed by atoms with Gasteiger partial charge >= 0.3 is 6.09 Å². The van der Waals surface area contributed by atoms with Crippen LogP contribution in [-0.4, -0.2) is 133 Å². The van der Waals surface area contributed by atoms with Gasteiger partial charge in [0.25, 0.3) is 0 Å². The molecule has 0 atom stereocenters. The number of rotatable bonds is 17. The average Bonchev–Trinajstić information content (AvgIpc) is 3.02.